The summed E-state index contributed by atoms with van der Waals surface area (Å²) in [5, 5.41) is 23.0. The van der Waals surface area contributed by atoms with Gasteiger partial charge in [-0.2, -0.15) is 10.5 Å². The van der Waals surface area contributed by atoms with Crippen molar-refractivity contribution in [2.75, 3.05) is 45.0 Å². The molecule has 0 saturated heterocycles. The van der Waals surface area contributed by atoms with Gasteiger partial charge in [-0.15, -0.1) is 0 Å². The van der Waals surface area contributed by atoms with Gasteiger partial charge in [-0.25, -0.2) is 0 Å². The molecule has 3 rings (SSSR count). The van der Waals surface area contributed by atoms with E-state index in [2.05, 4.69) is 17.5 Å². The van der Waals surface area contributed by atoms with Crippen LogP contribution in [0.5, 0.6) is 11.5 Å². The second-order valence-electron chi connectivity index (χ2n) is 6.15. The van der Waals surface area contributed by atoms with Crippen LogP contribution in [0.4, 0.5) is 11.4 Å². The summed E-state index contributed by atoms with van der Waals surface area (Å²) in [6, 6.07) is 12.1. The van der Waals surface area contributed by atoms with Crippen molar-refractivity contribution < 1.29 is 18.9 Å². The van der Waals surface area contributed by atoms with E-state index in [0.717, 1.165) is 10.6 Å². The molecule has 0 atom stereocenters. The molecule has 0 radical (unpaired) electrons. The van der Waals surface area contributed by atoms with Crippen molar-refractivity contribution in [3.8, 4) is 23.6 Å². The molecule has 0 bridgehead atoms. The Bertz CT molecular complexity index is 904. The van der Waals surface area contributed by atoms with E-state index >= 15 is 0 Å². The molecule has 1 aliphatic rings. The highest BCUT2D eigenvalue weighted by molar-refractivity contribution is 7.99. The Labute approximate surface area is 180 Å². The lowest BCUT2D eigenvalue weighted by atomic mass is 10.0. The molecule has 0 fully saturated rings. The molecule has 0 amide bonds. The maximum absolute atomic E-state index is 9.84. The molecule has 2 aromatic rings. The highest BCUT2D eigenvalue weighted by Gasteiger charge is 2.30. The van der Waals surface area contributed by atoms with Crippen molar-refractivity contribution >= 4 is 23.1 Å². The number of para-hydroxylation sites is 1. The van der Waals surface area contributed by atoms with Crippen LogP contribution in [0.1, 0.15) is 25.0 Å². The lowest BCUT2D eigenvalue weighted by Crippen LogP contribution is -2.14. The first-order valence-electron chi connectivity index (χ1n) is 9.74. The van der Waals surface area contributed by atoms with Crippen LogP contribution in [-0.2, 0) is 9.47 Å². The van der Waals surface area contributed by atoms with E-state index in [1.165, 1.54) is 11.8 Å². The van der Waals surface area contributed by atoms with Gasteiger partial charge in [0.2, 0.25) is 0 Å². The molecule has 1 aliphatic heterocycles. The molecule has 156 valence electrons. The molecule has 0 spiro atoms. The van der Waals surface area contributed by atoms with Crippen molar-refractivity contribution in [2.24, 2.45) is 0 Å². The molecule has 1 N–H and O–H groups in total. The summed E-state index contributed by atoms with van der Waals surface area (Å²) in [6.07, 6.45) is 0. The van der Waals surface area contributed by atoms with Crippen LogP contribution in [0.15, 0.2) is 34.1 Å². The first kappa shape index (κ1) is 21.8. The first-order chi connectivity index (χ1) is 14.7. The van der Waals surface area contributed by atoms with Gasteiger partial charge in [0, 0.05) is 18.1 Å². The van der Waals surface area contributed by atoms with Crippen LogP contribution in [0.3, 0.4) is 0 Å². The fourth-order valence-electron chi connectivity index (χ4n) is 2.99. The molecule has 1 heterocycles. The van der Waals surface area contributed by atoms with Gasteiger partial charge in [0.05, 0.1) is 23.8 Å². The molecule has 2 aromatic carbocycles. The average Bonchev–Trinajstić information content (AvgIpc) is 2.78. The lowest BCUT2D eigenvalue weighted by Gasteiger charge is -2.27. The third-order valence-corrected chi connectivity index (χ3v) is 5.47. The second kappa shape index (κ2) is 10.7. The smallest absolute Gasteiger partial charge is 0.163 e. The van der Waals surface area contributed by atoms with E-state index in [1.54, 1.807) is 0 Å². The Morgan fingerprint density at radius 3 is 2.10 bits per heavy atom. The molecule has 0 saturated carbocycles. The third kappa shape index (κ3) is 4.63. The molecule has 30 heavy (non-hydrogen) atoms. The van der Waals surface area contributed by atoms with Gasteiger partial charge in [-0.05, 0) is 26.0 Å². The Morgan fingerprint density at radius 2 is 1.47 bits per heavy atom. The fraction of sp³-hybridized carbons (Fsp3) is 0.364. The molecule has 0 aromatic heterocycles. The normalized spacial score (nSPS) is 11.5. The number of nitrogens with zero attached hydrogens (tertiary/aromatic N) is 2. The molecule has 0 unspecified atom stereocenters. The van der Waals surface area contributed by atoms with Crippen molar-refractivity contribution in [3.05, 3.63) is 35.4 Å². The number of nitriles is 2. The largest absolute Gasteiger partial charge is 0.488 e. The Kier molecular flexibility index (Phi) is 7.81. The van der Waals surface area contributed by atoms with E-state index in [4.69, 9.17) is 18.9 Å². The summed E-state index contributed by atoms with van der Waals surface area (Å²) in [5.74, 6) is 0.704. The van der Waals surface area contributed by atoms with E-state index in [9.17, 15) is 10.5 Å². The summed E-state index contributed by atoms with van der Waals surface area (Å²) in [6.45, 7) is 6.26. The Hall–Kier alpha value is -2.91. The van der Waals surface area contributed by atoms with Crippen LogP contribution in [0.2, 0.25) is 0 Å². The molecule has 8 heteroatoms. The summed E-state index contributed by atoms with van der Waals surface area (Å²) in [4.78, 5) is 1.71. The number of benzene rings is 2. The third-order valence-electron chi connectivity index (χ3n) is 4.30. The van der Waals surface area contributed by atoms with Crippen molar-refractivity contribution in [1.29, 1.82) is 10.5 Å². The topological polar surface area (TPSA) is 96.5 Å². The summed E-state index contributed by atoms with van der Waals surface area (Å²) in [7, 11) is 0. The van der Waals surface area contributed by atoms with Crippen molar-refractivity contribution in [1.82, 2.24) is 0 Å². The quantitative estimate of drug-likeness (QED) is 0.475. The Balaban J connectivity index is 2.07. The summed E-state index contributed by atoms with van der Waals surface area (Å²) < 4.78 is 22.6. The maximum atomic E-state index is 9.84. The summed E-state index contributed by atoms with van der Waals surface area (Å²) in [5.41, 5.74) is 1.83. The van der Waals surface area contributed by atoms with Crippen LogP contribution in [0.25, 0.3) is 0 Å². The standard InChI is InChI=1S/C22H23N3O4S/c1-3-26-9-11-28-20-15(13-23)16(14-24)21(29-12-10-27-4-2)22-19(20)25-17-7-5-6-8-18(17)30-22/h5-8,25H,3-4,9-12H2,1-2H3. The second-order valence-corrected chi connectivity index (χ2v) is 7.20. The van der Waals surface area contributed by atoms with Crippen molar-refractivity contribution in [3.63, 3.8) is 0 Å². The Morgan fingerprint density at radius 1 is 0.867 bits per heavy atom. The zero-order valence-corrected chi connectivity index (χ0v) is 17.8. The minimum atomic E-state index is 0.145. The molecular formula is C22H23N3O4S. The van der Waals surface area contributed by atoms with Crippen molar-refractivity contribution in [2.45, 2.75) is 23.6 Å². The maximum Gasteiger partial charge on any atom is 0.163 e. The number of anilines is 2. The van der Waals surface area contributed by atoms with Crippen LogP contribution in [-0.4, -0.2) is 39.6 Å². The van der Waals surface area contributed by atoms with Gasteiger partial charge in [0.1, 0.15) is 42.2 Å². The highest BCUT2D eigenvalue weighted by Crippen LogP contribution is 2.54. The lowest BCUT2D eigenvalue weighted by molar-refractivity contribution is 0.108. The first-order valence-corrected chi connectivity index (χ1v) is 10.6. The number of hydrogen-bond donors (Lipinski definition) is 1. The minimum absolute atomic E-state index is 0.145. The SMILES string of the molecule is CCOCCOc1c(C#N)c(C#N)c(OCCOCC)c2c1Nc1ccccc1S2. The van der Waals surface area contributed by atoms with E-state index in [-0.39, 0.29) is 24.3 Å². The van der Waals surface area contributed by atoms with Crippen LogP contribution < -0.4 is 14.8 Å². The average molecular weight is 426 g/mol. The fourth-order valence-corrected chi connectivity index (χ4v) is 4.08. The van der Waals surface area contributed by atoms with Gasteiger partial charge in [-0.1, -0.05) is 23.9 Å². The van der Waals surface area contributed by atoms with Gasteiger partial charge in [-0.3, -0.25) is 0 Å². The number of fused-ring (bicyclic) bond motifs is 2. The zero-order chi connectivity index (χ0) is 21.3. The van der Waals surface area contributed by atoms with Gasteiger partial charge in [0.25, 0.3) is 0 Å². The molecule has 0 aliphatic carbocycles. The molecular weight excluding hydrogens is 402 g/mol. The number of rotatable bonds is 10. The number of nitrogens with one attached hydrogen (secondary N) is 1. The predicted molar refractivity (Wildman–Crippen MR) is 114 cm³/mol. The van der Waals surface area contributed by atoms with Gasteiger partial charge in [0.15, 0.2) is 11.5 Å². The molecule has 7 nitrogen and oxygen atoms in total. The number of hydrogen-bond acceptors (Lipinski definition) is 8. The zero-order valence-electron chi connectivity index (χ0n) is 17.0. The van der Waals surface area contributed by atoms with Gasteiger partial charge < -0.3 is 24.3 Å². The highest BCUT2D eigenvalue weighted by atomic mass is 32.2. The minimum Gasteiger partial charge on any atom is -0.488 e. The monoisotopic (exact) mass is 425 g/mol. The number of ether oxygens (including phenoxy) is 4. The predicted octanol–water partition coefficient (Wildman–Crippen LogP) is 4.47. The van der Waals surface area contributed by atoms with Gasteiger partial charge >= 0.3 is 0 Å². The van der Waals surface area contributed by atoms with Crippen LogP contribution >= 0.6 is 11.8 Å². The van der Waals surface area contributed by atoms with E-state index in [1.807, 2.05) is 38.1 Å². The van der Waals surface area contributed by atoms with Crippen LogP contribution in [0, 0.1) is 22.7 Å². The summed E-state index contributed by atoms with van der Waals surface area (Å²) >= 11 is 1.48. The van der Waals surface area contributed by atoms with E-state index in [0.29, 0.717) is 48.5 Å². The van der Waals surface area contributed by atoms with E-state index < -0.39 is 0 Å².